The second-order valence-electron chi connectivity index (χ2n) is 5.56. The predicted octanol–water partition coefficient (Wildman–Crippen LogP) is 3.92. The van der Waals surface area contributed by atoms with Gasteiger partial charge in [0.15, 0.2) is 0 Å². The molecule has 2 aromatic carbocycles. The number of fused-ring (bicyclic) bond motifs is 1. The van der Waals surface area contributed by atoms with E-state index < -0.39 is 0 Å². The van der Waals surface area contributed by atoms with E-state index in [2.05, 4.69) is 10.3 Å². The van der Waals surface area contributed by atoms with Crippen molar-refractivity contribution in [2.45, 2.75) is 12.8 Å². The fourth-order valence-corrected chi connectivity index (χ4v) is 3.46. The molecule has 0 saturated carbocycles. The maximum Gasteiger partial charge on any atom is 0.279 e. The Morgan fingerprint density at radius 2 is 2.08 bits per heavy atom. The van der Waals surface area contributed by atoms with Gasteiger partial charge in [0.1, 0.15) is 5.75 Å². The van der Waals surface area contributed by atoms with E-state index in [1.54, 1.807) is 6.07 Å². The summed E-state index contributed by atoms with van der Waals surface area (Å²) in [5.74, 6) is 0.385. The van der Waals surface area contributed by atoms with Crippen molar-refractivity contribution in [3.8, 4) is 10.9 Å². The number of hydrogen-bond acceptors (Lipinski definition) is 5. The Morgan fingerprint density at radius 1 is 1.32 bits per heavy atom. The second kappa shape index (κ2) is 7.82. The average molecular weight is 376 g/mol. The van der Waals surface area contributed by atoms with Gasteiger partial charge in [-0.05, 0) is 42.8 Å². The summed E-state index contributed by atoms with van der Waals surface area (Å²) in [4.78, 5) is 16.4. The summed E-state index contributed by atoms with van der Waals surface area (Å²) in [6, 6.07) is 13.0. The molecule has 0 aliphatic carbocycles. The monoisotopic (exact) mass is 375 g/mol. The third kappa shape index (κ3) is 4.28. The van der Waals surface area contributed by atoms with E-state index in [9.17, 15) is 4.79 Å². The molecule has 3 aromatic rings. The number of nitrogens with two attached hydrogens (primary N) is 1. The zero-order valence-electron chi connectivity index (χ0n) is 13.7. The van der Waals surface area contributed by atoms with Gasteiger partial charge in [0.25, 0.3) is 5.19 Å². The molecule has 0 aliphatic heterocycles. The Hall–Kier alpha value is -2.15. The Kier molecular flexibility index (Phi) is 5.53. The van der Waals surface area contributed by atoms with Crippen molar-refractivity contribution in [1.82, 2.24) is 10.3 Å². The van der Waals surface area contributed by atoms with Crippen molar-refractivity contribution in [2.24, 2.45) is 5.73 Å². The lowest BCUT2D eigenvalue weighted by atomic mass is 10.0. The van der Waals surface area contributed by atoms with Gasteiger partial charge in [-0.3, -0.25) is 4.79 Å². The molecule has 5 nitrogen and oxygen atoms in total. The summed E-state index contributed by atoms with van der Waals surface area (Å²) in [6.45, 7) is 2.77. The number of aromatic nitrogens is 1. The Balaban J connectivity index is 1.70. The molecule has 0 saturated heterocycles. The lowest BCUT2D eigenvalue weighted by Gasteiger charge is -2.12. The molecule has 3 rings (SSSR count). The van der Waals surface area contributed by atoms with Gasteiger partial charge in [-0.15, -0.1) is 0 Å². The third-order valence-corrected chi connectivity index (χ3v) is 4.88. The molecule has 0 aliphatic rings. The van der Waals surface area contributed by atoms with Crippen LogP contribution in [0.5, 0.6) is 10.9 Å². The van der Waals surface area contributed by atoms with Crippen LogP contribution in [0.25, 0.3) is 10.2 Å². The first-order chi connectivity index (χ1) is 12.1. The fourth-order valence-electron chi connectivity index (χ4n) is 2.35. The van der Waals surface area contributed by atoms with Gasteiger partial charge >= 0.3 is 0 Å². The van der Waals surface area contributed by atoms with Crippen LogP contribution >= 0.6 is 22.9 Å². The molecule has 25 heavy (non-hydrogen) atoms. The number of hydrogen-bond donors (Lipinski definition) is 2. The van der Waals surface area contributed by atoms with Gasteiger partial charge in [0, 0.05) is 18.1 Å². The molecule has 7 heteroatoms. The van der Waals surface area contributed by atoms with Gasteiger partial charge in [0.2, 0.25) is 5.91 Å². The van der Waals surface area contributed by atoms with Crippen LogP contribution in [0.3, 0.4) is 0 Å². The highest BCUT2D eigenvalue weighted by atomic mass is 35.5. The van der Waals surface area contributed by atoms with E-state index in [-0.39, 0.29) is 11.8 Å². The number of thiazole rings is 1. The molecule has 0 bridgehead atoms. The summed E-state index contributed by atoms with van der Waals surface area (Å²) in [5, 5.41) is 4.02. The lowest BCUT2D eigenvalue weighted by Crippen LogP contribution is -2.32. The highest BCUT2D eigenvalue weighted by Gasteiger charge is 2.14. The van der Waals surface area contributed by atoms with Crippen LogP contribution in [-0.4, -0.2) is 24.0 Å². The number of nitrogens with zero attached hydrogens (tertiary/aromatic N) is 1. The second-order valence-corrected chi connectivity index (χ2v) is 6.99. The molecule has 1 aromatic heterocycles. The lowest BCUT2D eigenvalue weighted by molar-refractivity contribution is -0.122. The summed E-state index contributed by atoms with van der Waals surface area (Å²) in [5.41, 5.74) is 7.17. The molecule has 1 unspecified atom stereocenters. The number of benzene rings is 2. The predicted molar refractivity (Wildman–Crippen MR) is 102 cm³/mol. The summed E-state index contributed by atoms with van der Waals surface area (Å²) >= 11 is 7.43. The van der Waals surface area contributed by atoms with E-state index in [1.807, 2.05) is 43.3 Å². The normalized spacial score (nSPS) is 12.1. The quantitative estimate of drug-likeness (QED) is 0.684. The number of ether oxygens (including phenoxy) is 1. The van der Waals surface area contributed by atoms with Crippen molar-refractivity contribution in [1.29, 1.82) is 0 Å². The number of carbonyl (C=O) groups is 1. The van der Waals surface area contributed by atoms with Crippen LogP contribution in [0, 0.1) is 0 Å². The van der Waals surface area contributed by atoms with Gasteiger partial charge in [-0.2, -0.15) is 0 Å². The van der Waals surface area contributed by atoms with Gasteiger partial charge in [0.05, 0.1) is 16.1 Å². The van der Waals surface area contributed by atoms with Gasteiger partial charge in [-0.1, -0.05) is 35.1 Å². The van der Waals surface area contributed by atoms with E-state index in [4.69, 9.17) is 22.1 Å². The molecule has 1 heterocycles. The highest BCUT2D eigenvalue weighted by Crippen LogP contribution is 2.33. The topological polar surface area (TPSA) is 77.2 Å². The first-order valence-corrected chi connectivity index (χ1v) is 9.08. The SMILES string of the molecule is CC(C(=O)NCCN)c1ccc(Oc2nc3ccc(Cl)cc3s2)cc1. The minimum absolute atomic E-state index is 0.0397. The largest absolute Gasteiger partial charge is 0.431 e. The summed E-state index contributed by atoms with van der Waals surface area (Å²) < 4.78 is 6.79. The smallest absolute Gasteiger partial charge is 0.279 e. The molecular weight excluding hydrogens is 358 g/mol. The van der Waals surface area contributed by atoms with Crippen molar-refractivity contribution in [2.75, 3.05) is 13.1 Å². The maximum absolute atomic E-state index is 12.0. The standard InChI is InChI=1S/C18H18ClN3O2S/c1-11(17(23)21-9-8-20)12-2-5-14(6-3-12)24-18-22-15-7-4-13(19)10-16(15)25-18/h2-7,10-11H,8-9,20H2,1H3,(H,21,23). The molecule has 3 N–H and O–H groups in total. The molecule has 1 amide bonds. The van der Waals surface area contributed by atoms with Gasteiger partial charge in [-0.25, -0.2) is 4.98 Å². The summed E-state index contributed by atoms with van der Waals surface area (Å²) in [6.07, 6.45) is 0. The minimum atomic E-state index is -0.245. The van der Waals surface area contributed by atoms with Crippen molar-refractivity contribution >= 4 is 39.1 Å². The number of carbonyl (C=O) groups excluding carboxylic acids is 1. The first kappa shape index (κ1) is 17.7. The van der Waals surface area contributed by atoms with Crippen LogP contribution in [0.4, 0.5) is 0 Å². The zero-order valence-corrected chi connectivity index (χ0v) is 15.2. The molecular formula is C18H18ClN3O2S. The maximum atomic E-state index is 12.0. The first-order valence-electron chi connectivity index (χ1n) is 7.88. The van der Waals surface area contributed by atoms with Crippen LogP contribution in [-0.2, 0) is 4.79 Å². The Morgan fingerprint density at radius 3 is 2.80 bits per heavy atom. The molecule has 0 fully saturated rings. The van der Waals surface area contributed by atoms with Crippen molar-refractivity contribution < 1.29 is 9.53 Å². The number of nitrogens with one attached hydrogen (secondary N) is 1. The molecule has 1 atom stereocenters. The average Bonchev–Trinajstić information content (AvgIpc) is 3.01. The van der Waals surface area contributed by atoms with E-state index in [1.165, 1.54) is 11.3 Å². The number of amides is 1. The number of rotatable bonds is 6. The van der Waals surface area contributed by atoms with Crippen molar-refractivity contribution in [3.63, 3.8) is 0 Å². The fraction of sp³-hybridized carbons (Fsp3) is 0.222. The van der Waals surface area contributed by atoms with E-state index >= 15 is 0 Å². The van der Waals surface area contributed by atoms with Crippen LogP contribution in [0.15, 0.2) is 42.5 Å². The summed E-state index contributed by atoms with van der Waals surface area (Å²) in [7, 11) is 0. The van der Waals surface area contributed by atoms with Crippen molar-refractivity contribution in [3.05, 3.63) is 53.1 Å². The zero-order chi connectivity index (χ0) is 17.8. The highest BCUT2D eigenvalue weighted by molar-refractivity contribution is 7.20. The van der Waals surface area contributed by atoms with E-state index in [0.29, 0.717) is 29.1 Å². The minimum Gasteiger partial charge on any atom is -0.431 e. The Bertz CT molecular complexity index is 880. The van der Waals surface area contributed by atoms with Gasteiger partial charge < -0.3 is 15.8 Å². The Labute approximate surface area is 154 Å². The third-order valence-electron chi connectivity index (χ3n) is 3.75. The van der Waals surface area contributed by atoms with Crippen LogP contribution < -0.4 is 15.8 Å². The van der Waals surface area contributed by atoms with Crippen LogP contribution in [0.1, 0.15) is 18.4 Å². The van der Waals surface area contributed by atoms with Crippen LogP contribution in [0.2, 0.25) is 5.02 Å². The van der Waals surface area contributed by atoms with E-state index in [0.717, 1.165) is 15.8 Å². The molecule has 0 spiro atoms. The molecule has 0 radical (unpaired) electrons. The molecule has 130 valence electrons. The number of halogens is 1.